The molecule has 1 aromatic rings. The summed E-state index contributed by atoms with van der Waals surface area (Å²) in [6.07, 6.45) is 0. The highest BCUT2D eigenvalue weighted by atomic mass is 16.5. The van der Waals surface area contributed by atoms with Crippen molar-refractivity contribution in [3.8, 4) is 5.75 Å². The van der Waals surface area contributed by atoms with Crippen molar-refractivity contribution in [1.82, 2.24) is 0 Å². The molecule has 0 fully saturated rings. The molecule has 0 radical (unpaired) electrons. The average molecular weight is 209 g/mol. The zero-order valence-electron chi connectivity index (χ0n) is 8.95. The third-order valence-electron chi connectivity index (χ3n) is 1.80. The molecule has 0 aliphatic carbocycles. The molecule has 0 bridgehead atoms. The van der Waals surface area contributed by atoms with E-state index in [9.17, 15) is 4.79 Å². The van der Waals surface area contributed by atoms with Crippen LogP contribution in [0.5, 0.6) is 5.75 Å². The van der Waals surface area contributed by atoms with Gasteiger partial charge in [0.05, 0.1) is 13.2 Å². The van der Waals surface area contributed by atoms with E-state index in [1.165, 1.54) is 0 Å². The molecule has 0 spiro atoms. The van der Waals surface area contributed by atoms with E-state index >= 15 is 0 Å². The Balaban J connectivity index is 3.00. The summed E-state index contributed by atoms with van der Waals surface area (Å²) in [6.45, 7) is 4.44. The fourth-order valence-corrected chi connectivity index (χ4v) is 1.20. The first kappa shape index (κ1) is 11.4. The molecule has 2 N–H and O–H groups in total. The molecule has 1 aromatic carbocycles. The van der Waals surface area contributed by atoms with E-state index in [4.69, 9.17) is 15.2 Å². The Kier molecular flexibility index (Phi) is 3.97. The molecule has 0 aliphatic rings. The molecular formula is C11H15NO3. The Labute approximate surface area is 89.0 Å². The highest BCUT2D eigenvalue weighted by Gasteiger charge is 2.13. The van der Waals surface area contributed by atoms with Gasteiger partial charge in [0.1, 0.15) is 11.3 Å². The van der Waals surface area contributed by atoms with E-state index in [-0.39, 0.29) is 0 Å². The van der Waals surface area contributed by atoms with Gasteiger partial charge in [-0.1, -0.05) is 0 Å². The van der Waals surface area contributed by atoms with Crippen LogP contribution in [0.3, 0.4) is 0 Å². The van der Waals surface area contributed by atoms with Crippen LogP contribution < -0.4 is 10.5 Å². The van der Waals surface area contributed by atoms with Gasteiger partial charge in [0, 0.05) is 5.69 Å². The fraction of sp³-hybridized carbons (Fsp3) is 0.364. The number of carbonyl (C=O) groups is 1. The molecule has 0 saturated heterocycles. The molecule has 0 aromatic heterocycles. The SMILES string of the molecule is CCOC(=O)c1cc(N)ccc1OCC. The second-order valence-corrected chi connectivity index (χ2v) is 2.91. The van der Waals surface area contributed by atoms with Crippen LogP contribution in [0.15, 0.2) is 18.2 Å². The summed E-state index contributed by atoms with van der Waals surface area (Å²) in [5.41, 5.74) is 6.48. The second kappa shape index (κ2) is 5.24. The van der Waals surface area contributed by atoms with Crippen LogP contribution in [0, 0.1) is 0 Å². The lowest BCUT2D eigenvalue weighted by Crippen LogP contribution is -2.08. The first-order valence-electron chi connectivity index (χ1n) is 4.88. The van der Waals surface area contributed by atoms with Crippen molar-refractivity contribution in [2.24, 2.45) is 0 Å². The molecule has 82 valence electrons. The molecular weight excluding hydrogens is 194 g/mol. The molecule has 15 heavy (non-hydrogen) atoms. The molecule has 4 nitrogen and oxygen atoms in total. The Morgan fingerprint density at radius 1 is 1.33 bits per heavy atom. The van der Waals surface area contributed by atoms with Crippen LogP contribution in [-0.2, 0) is 4.74 Å². The van der Waals surface area contributed by atoms with Crippen LogP contribution in [-0.4, -0.2) is 19.2 Å². The molecule has 0 unspecified atom stereocenters. The van der Waals surface area contributed by atoms with E-state index in [0.717, 1.165) is 0 Å². The number of nitrogen functional groups attached to an aromatic ring is 1. The Morgan fingerprint density at radius 3 is 2.67 bits per heavy atom. The number of hydrogen-bond acceptors (Lipinski definition) is 4. The maximum atomic E-state index is 11.5. The largest absolute Gasteiger partial charge is 0.493 e. The van der Waals surface area contributed by atoms with Crippen LogP contribution in [0.1, 0.15) is 24.2 Å². The van der Waals surface area contributed by atoms with Gasteiger partial charge in [0.25, 0.3) is 0 Å². The molecule has 0 heterocycles. The third-order valence-corrected chi connectivity index (χ3v) is 1.80. The predicted octanol–water partition coefficient (Wildman–Crippen LogP) is 1.84. The number of carbonyl (C=O) groups excluding carboxylic acids is 1. The lowest BCUT2D eigenvalue weighted by atomic mass is 10.2. The van der Waals surface area contributed by atoms with Gasteiger partial charge in [-0.15, -0.1) is 0 Å². The van der Waals surface area contributed by atoms with Crippen LogP contribution in [0.25, 0.3) is 0 Å². The molecule has 0 aliphatic heterocycles. The predicted molar refractivity (Wildman–Crippen MR) is 58.0 cm³/mol. The number of nitrogens with two attached hydrogens (primary N) is 1. The Bertz CT molecular complexity index is 350. The molecule has 0 amide bonds. The number of ether oxygens (including phenoxy) is 2. The normalized spacial score (nSPS) is 9.73. The highest BCUT2D eigenvalue weighted by molar-refractivity contribution is 5.93. The number of anilines is 1. The topological polar surface area (TPSA) is 61.5 Å². The quantitative estimate of drug-likeness (QED) is 0.607. The zero-order chi connectivity index (χ0) is 11.3. The van der Waals surface area contributed by atoms with Gasteiger partial charge < -0.3 is 15.2 Å². The Hall–Kier alpha value is -1.71. The van der Waals surface area contributed by atoms with Gasteiger partial charge in [0.15, 0.2) is 0 Å². The molecule has 0 atom stereocenters. The molecule has 0 saturated carbocycles. The van der Waals surface area contributed by atoms with Gasteiger partial charge in [-0.2, -0.15) is 0 Å². The van der Waals surface area contributed by atoms with Crippen molar-refractivity contribution < 1.29 is 14.3 Å². The zero-order valence-corrected chi connectivity index (χ0v) is 8.95. The van der Waals surface area contributed by atoms with Crippen LogP contribution in [0.4, 0.5) is 5.69 Å². The van der Waals surface area contributed by atoms with E-state index in [2.05, 4.69) is 0 Å². The summed E-state index contributed by atoms with van der Waals surface area (Å²) in [5, 5.41) is 0. The smallest absolute Gasteiger partial charge is 0.341 e. The summed E-state index contributed by atoms with van der Waals surface area (Å²) < 4.78 is 10.2. The number of benzene rings is 1. The minimum atomic E-state index is -0.409. The number of hydrogen-bond donors (Lipinski definition) is 1. The number of rotatable bonds is 4. The monoisotopic (exact) mass is 209 g/mol. The fourth-order valence-electron chi connectivity index (χ4n) is 1.20. The maximum absolute atomic E-state index is 11.5. The summed E-state index contributed by atoms with van der Waals surface area (Å²) in [6, 6.07) is 4.92. The van der Waals surface area contributed by atoms with Gasteiger partial charge in [-0.05, 0) is 32.0 Å². The highest BCUT2D eigenvalue weighted by Crippen LogP contribution is 2.22. The first-order chi connectivity index (χ1) is 7.19. The third kappa shape index (κ3) is 2.87. The van der Waals surface area contributed by atoms with E-state index in [1.54, 1.807) is 25.1 Å². The molecule has 1 rings (SSSR count). The van der Waals surface area contributed by atoms with Gasteiger partial charge in [-0.25, -0.2) is 4.79 Å². The summed E-state index contributed by atoms with van der Waals surface area (Å²) in [4.78, 5) is 11.5. The van der Waals surface area contributed by atoms with E-state index in [0.29, 0.717) is 30.2 Å². The minimum Gasteiger partial charge on any atom is -0.493 e. The maximum Gasteiger partial charge on any atom is 0.341 e. The number of esters is 1. The standard InChI is InChI=1S/C11H15NO3/c1-3-14-10-6-5-8(12)7-9(10)11(13)15-4-2/h5-7H,3-4,12H2,1-2H3. The second-order valence-electron chi connectivity index (χ2n) is 2.91. The van der Waals surface area contributed by atoms with Crippen molar-refractivity contribution in [3.05, 3.63) is 23.8 Å². The Morgan fingerprint density at radius 2 is 2.07 bits per heavy atom. The summed E-state index contributed by atoms with van der Waals surface area (Å²) in [7, 11) is 0. The van der Waals surface area contributed by atoms with Crippen molar-refractivity contribution in [2.45, 2.75) is 13.8 Å². The summed E-state index contributed by atoms with van der Waals surface area (Å²) in [5.74, 6) is 0.0957. The van der Waals surface area contributed by atoms with Crippen molar-refractivity contribution in [3.63, 3.8) is 0 Å². The van der Waals surface area contributed by atoms with Crippen molar-refractivity contribution >= 4 is 11.7 Å². The average Bonchev–Trinajstić information content (AvgIpc) is 2.21. The van der Waals surface area contributed by atoms with Gasteiger partial charge >= 0.3 is 5.97 Å². The lowest BCUT2D eigenvalue weighted by Gasteiger charge is -2.09. The first-order valence-corrected chi connectivity index (χ1v) is 4.88. The summed E-state index contributed by atoms with van der Waals surface area (Å²) >= 11 is 0. The van der Waals surface area contributed by atoms with Gasteiger partial charge in [0.2, 0.25) is 0 Å². The van der Waals surface area contributed by atoms with Crippen molar-refractivity contribution in [2.75, 3.05) is 18.9 Å². The minimum absolute atomic E-state index is 0.333. The van der Waals surface area contributed by atoms with Crippen LogP contribution in [0.2, 0.25) is 0 Å². The van der Waals surface area contributed by atoms with Gasteiger partial charge in [-0.3, -0.25) is 0 Å². The molecule has 4 heteroatoms. The van der Waals surface area contributed by atoms with E-state index in [1.807, 2.05) is 6.92 Å². The lowest BCUT2D eigenvalue weighted by molar-refractivity contribution is 0.0522. The van der Waals surface area contributed by atoms with Crippen LogP contribution >= 0.6 is 0 Å². The van der Waals surface area contributed by atoms with E-state index < -0.39 is 5.97 Å². The van der Waals surface area contributed by atoms with Crippen molar-refractivity contribution in [1.29, 1.82) is 0 Å².